The third-order valence-corrected chi connectivity index (χ3v) is 5.53. The summed E-state index contributed by atoms with van der Waals surface area (Å²) in [5.74, 6) is 0.467. The maximum Gasteiger partial charge on any atom is 0.265 e. The lowest BCUT2D eigenvalue weighted by molar-refractivity contribution is -0.132. The van der Waals surface area contributed by atoms with Gasteiger partial charge >= 0.3 is 0 Å². The van der Waals surface area contributed by atoms with Gasteiger partial charge in [-0.2, -0.15) is 0 Å². The zero-order valence-electron chi connectivity index (χ0n) is 13.3. The number of rotatable bonds is 2. The molecule has 2 bridgehead atoms. The molecule has 1 aromatic rings. The minimum atomic E-state index is -0.173. The second kappa shape index (κ2) is 6.37. The topological polar surface area (TPSA) is 61.9 Å². The Morgan fingerprint density at radius 2 is 2.12 bits per heavy atom. The Balaban J connectivity index is 1.50. The molecule has 24 heavy (non-hydrogen) atoms. The number of fused-ring (bicyclic) bond motifs is 3. The fourth-order valence-electron chi connectivity index (χ4n) is 3.76. The van der Waals surface area contributed by atoms with E-state index >= 15 is 0 Å². The quantitative estimate of drug-likeness (QED) is 0.827. The number of anilines is 1. The molecule has 0 aliphatic carbocycles. The fraction of sp³-hybridized carbons (Fsp3) is 0.529. The highest BCUT2D eigenvalue weighted by atomic mass is 79.9. The smallest absolute Gasteiger partial charge is 0.265 e. The number of amides is 2. The monoisotopic (exact) mass is 393 g/mol. The maximum atomic E-state index is 12.8. The largest absolute Gasteiger partial charge is 0.482 e. The Kier molecular flexibility index (Phi) is 4.22. The van der Waals surface area contributed by atoms with Gasteiger partial charge in [0.2, 0.25) is 5.91 Å². The molecule has 2 unspecified atom stereocenters. The second-order valence-corrected chi connectivity index (χ2v) is 7.56. The van der Waals surface area contributed by atoms with E-state index < -0.39 is 0 Å². The van der Waals surface area contributed by atoms with Crippen LogP contribution in [0.15, 0.2) is 22.7 Å². The van der Waals surface area contributed by atoms with E-state index in [-0.39, 0.29) is 25.0 Å². The van der Waals surface area contributed by atoms with Crippen LogP contribution >= 0.6 is 15.9 Å². The van der Waals surface area contributed by atoms with Crippen molar-refractivity contribution in [3.05, 3.63) is 22.7 Å². The van der Waals surface area contributed by atoms with Gasteiger partial charge in [-0.1, -0.05) is 15.9 Å². The number of hydrogen-bond acceptors (Lipinski definition) is 4. The van der Waals surface area contributed by atoms with Gasteiger partial charge in [0.15, 0.2) is 6.61 Å². The van der Waals surface area contributed by atoms with Crippen LogP contribution in [-0.2, 0) is 9.59 Å². The van der Waals surface area contributed by atoms with E-state index in [1.807, 2.05) is 23.1 Å². The van der Waals surface area contributed by atoms with Crippen molar-refractivity contribution < 1.29 is 14.3 Å². The zero-order chi connectivity index (χ0) is 16.7. The summed E-state index contributed by atoms with van der Waals surface area (Å²) in [6, 6.07) is 6.43. The van der Waals surface area contributed by atoms with Gasteiger partial charge in [-0.25, -0.2) is 0 Å². The van der Waals surface area contributed by atoms with Gasteiger partial charge < -0.3 is 15.0 Å². The molecule has 6 nitrogen and oxygen atoms in total. The standard InChI is InChI=1S/C17H20BrN3O3/c18-11-1-4-14-15(7-11)24-10-17(23)21(14)9-16(22)20-6-5-12-2-3-13(8-20)19-12/h1,4,7,12-13,19H,2-3,5-6,8-10H2. The first-order chi connectivity index (χ1) is 11.6. The van der Waals surface area contributed by atoms with Crippen molar-refractivity contribution in [1.82, 2.24) is 10.2 Å². The highest BCUT2D eigenvalue weighted by molar-refractivity contribution is 9.10. The molecule has 0 aromatic heterocycles. The van der Waals surface area contributed by atoms with Crippen molar-refractivity contribution in [3.63, 3.8) is 0 Å². The third-order valence-electron chi connectivity index (χ3n) is 5.03. The molecule has 3 aliphatic rings. The lowest BCUT2D eigenvalue weighted by Gasteiger charge is -2.32. The molecular formula is C17H20BrN3O3. The molecule has 0 radical (unpaired) electrons. The Hall–Kier alpha value is -1.60. The van der Waals surface area contributed by atoms with Crippen molar-refractivity contribution in [2.75, 3.05) is 31.1 Å². The van der Waals surface area contributed by atoms with Crippen LogP contribution in [0.1, 0.15) is 19.3 Å². The van der Waals surface area contributed by atoms with Gasteiger partial charge in [0, 0.05) is 29.6 Å². The van der Waals surface area contributed by atoms with Crippen LogP contribution in [0.25, 0.3) is 0 Å². The van der Waals surface area contributed by atoms with Crippen molar-refractivity contribution in [2.45, 2.75) is 31.3 Å². The fourth-order valence-corrected chi connectivity index (χ4v) is 4.10. The number of ether oxygens (including phenoxy) is 1. The summed E-state index contributed by atoms with van der Waals surface area (Å²) in [4.78, 5) is 28.5. The number of nitrogens with zero attached hydrogens (tertiary/aromatic N) is 2. The van der Waals surface area contributed by atoms with Crippen molar-refractivity contribution in [1.29, 1.82) is 0 Å². The van der Waals surface area contributed by atoms with Crippen LogP contribution < -0.4 is 15.0 Å². The molecule has 1 aromatic carbocycles. The minimum absolute atomic E-state index is 0.00784. The van der Waals surface area contributed by atoms with Crippen LogP contribution in [0.3, 0.4) is 0 Å². The zero-order valence-corrected chi connectivity index (χ0v) is 14.9. The number of halogens is 1. The highest BCUT2D eigenvalue weighted by Gasteiger charge is 2.33. The maximum absolute atomic E-state index is 12.8. The van der Waals surface area contributed by atoms with E-state index in [1.165, 1.54) is 6.42 Å². The Morgan fingerprint density at radius 3 is 3.00 bits per heavy atom. The Labute approximate surface area is 149 Å². The summed E-state index contributed by atoms with van der Waals surface area (Å²) in [6.45, 7) is 1.55. The molecule has 2 amide bonds. The molecule has 1 N–H and O–H groups in total. The number of benzene rings is 1. The van der Waals surface area contributed by atoms with Crippen LogP contribution in [0.2, 0.25) is 0 Å². The lowest BCUT2D eigenvalue weighted by Crippen LogP contribution is -2.48. The lowest BCUT2D eigenvalue weighted by atomic mass is 10.1. The predicted octanol–water partition coefficient (Wildman–Crippen LogP) is 1.53. The molecule has 3 heterocycles. The normalized spacial score (nSPS) is 26.0. The number of hydrogen-bond donors (Lipinski definition) is 1. The number of likely N-dealkylation sites (tertiary alicyclic amines) is 1. The molecule has 128 valence electrons. The second-order valence-electron chi connectivity index (χ2n) is 6.65. The highest BCUT2D eigenvalue weighted by Crippen LogP contribution is 2.34. The van der Waals surface area contributed by atoms with E-state index in [2.05, 4.69) is 21.2 Å². The predicted molar refractivity (Wildman–Crippen MR) is 93.1 cm³/mol. The molecule has 0 saturated carbocycles. The molecule has 0 spiro atoms. The molecule has 3 aliphatic heterocycles. The van der Waals surface area contributed by atoms with Gasteiger partial charge in [0.05, 0.1) is 5.69 Å². The molecular weight excluding hydrogens is 374 g/mol. The average molecular weight is 394 g/mol. The number of carbonyl (C=O) groups excluding carboxylic acids is 2. The molecule has 2 saturated heterocycles. The van der Waals surface area contributed by atoms with Gasteiger partial charge in [-0.15, -0.1) is 0 Å². The summed E-state index contributed by atoms with van der Waals surface area (Å²) in [5, 5.41) is 3.57. The first-order valence-corrected chi connectivity index (χ1v) is 9.16. The average Bonchev–Trinajstić information content (AvgIpc) is 2.89. The van der Waals surface area contributed by atoms with Crippen LogP contribution in [0.4, 0.5) is 5.69 Å². The summed E-state index contributed by atoms with van der Waals surface area (Å²) in [5.41, 5.74) is 0.664. The minimum Gasteiger partial charge on any atom is -0.482 e. The van der Waals surface area contributed by atoms with E-state index in [9.17, 15) is 9.59 Å². The number of nitrogens with one attached hydrogen (secondary N) is 1. The molecule has 2 atom stereocenters. The van der Waals surface area contributed by atoms with Crippen LogP contribution in [-0.4, -0.2) is 55.0 Å². The van der Waals surface area contributed by atoms with Gasteiger partial charge in [0.25, 0.3) is 5.91 Å². The third kappa shape index (κ3) is 3.02. The van der Waals surface area contributed by atoms with Gasteiger partial charge in [-0.3, -0.25) is 14.5 Å². The first kappa shape index (κ1) is 15.9. The Morgan fingerprint density at radius 1 is 1.29 bits per heavy atom. The summed E-state index contributed by atoms with van der Waals surface area (Å²) in [7, 11) is 0. The summed E-state index contributed by atoms with van der Waals surface area (Å²) in [6.07, 6.45) is 3.32. The van der Waals surface area contributed by atoms with Crippen LogP contribution in [0.5, 0.6) is 5.75 Å². The Bertz CT molecular complexity index is 681. The van der Waals surface area contributed by atoms with E-state index in [0.717, 1.165) is 30.4 Å². The SMILES string of the molecule is O=C(CN1C(=O)COc2cc(Br)ccc21)N1CCC2CCC(C1)N2. The van der Waals surface area contributed by atoms with E-state index in [0.29, 0.717) is 23.5 Å². The van der Waals surface area contributed by atoms with Gasteiger partial charge in [-0.05, 0) is 37.5 Å². The van der Waals surface area contributed by atoms with E-state index in [1.54, 1.807) is 4.90 Å². The van der Waals surface area contributed by atoms with Gasteiger partial charge in [0.1, 0.15) is 12.3 Å². The molecule has 7 heteroatoms. The van der Waals surface area contributed by atoms with Crippen molar-refractivity contribution >= 4 is 33.4 Å². The van der Waals surface area contributed by atoms with E-state index in [4.69, 9.17) is 4.74 Å². The molecule has 4 rings (SSSR count). The van der Waals surface area contributed by atoms with Crippen molar-refractivity contribution in [2.24, 2.45) is 0 Å². The number of carbonyl (C=O) groups is 2. The summed E-state index contributed by atoms with van der Waals surface area (Å²) < 4.78 is 6.36. The molecule has 2 fully saturated rings. The summed E-state index contributed by atoms with van der Waals surface area (Å²) >= 11 is 3.40. The van der Waals surface area contributed by atoms with Crippen molar-refractivity contribution in [3.8, 4) is 5.75 Å². The van der Waals surface area contributed by atoms with Crippen LogP contribution in [0, 0.1) is 0 Å². The first-order valence-electron chi connectivity index (χ1n) is 8.37.